The molecule has 6 aliphatic carbocycles. The molecule has 0 bridgehead atoms. The summed E-state index contributed by atoms with van der Waals surface area (Å²) in [5.41, 5.74) is 1.67. The minimum Gasteiger partial charge on any atom is -0.481 e. The molecule has 8 nitrogen and oxygen atoms in total. The van der Waals surface area contributed by atoms with Gasteiger partial charge in [0.2, 0.25) is 0 Å². The van der Waals surface area contributed by atoms with Gasteiger partial charge in [-0.1, -0.05) is 72.3 Å². The van der Waals surface area contributed by atoms with E-state index in [2.05, 4.69) is 90.6 Å². The van der Waals surface area contributed by atoms with E-state index in [9.17, 15) is 24.6 Å². The molecule has 10 unspecified atom stereocenters. The lowest BCUT2D eigenvalue weighted by Gasteiger charge is -2.72. The number of likely N-dealkylation sites (N-methyl/N-ethyl adjacent to an activating group) is 1. The van der Waals surface area contributed by atoms with E-state index in [-0.39, 0.29) is 57.2 Å². The standard InChI is InChI=1S/C48H75ClN2O6/c1-30(2)40-34(52)26-48(37(53)29-51(25-24-50(10)11)28-31-12-14-32(49)15-13-31)23-22-46(8)33(41(40)48)16-17-36-45(7)20-19-38(57-39(54)27-43(3,4)42(55)56)44(5,6)35(45)18-21-47(36,46)9/h12-14,30,32-33,35-38,53H,15-29H2,1-11H3,(H,55,56). The number of rotatable bonds is 13. The van der Waals surface area contributed by atoms with Crippen LogP contribution in [0.2, 0.25) is 0 Å². The lowest BCUT2D eigenvalue weighted by molar-refractivity contribution is -0.235. The zero-order chi connectivity index (χ0) is 42.1. The molecule has 57 heavy (non-hydrogen) atoms. The third kappa shape index (κ3) is 7.67. The molecular formula is C48H75ClN2O6. The smallest absolute Gasteiger partial charge is 0.309 e. The Labute approximate surface area is 349 Å². The van der Waals surface area contributed by atoms with Gasteiger partial charge >= 0.3 is 11.9 Å². The predicted octanol–water partition coefficient (Wildman–Crippen LogP) is 9.10. The Morgan fingerprint density at radius 2 is 1.67 bits per heavy atom. The second-order valence-electron chi connectivity index (χ2n) is 22.0. The van der Waals surface area contributed by atoms with E-state index in [1.165, 1.54) is 11.1 Å². The molecule has 0 spiro atoms. The average molecular weight is 812 g/mol. The van der Waals surface area contributed by atoms with Gasteiger partial charge in [0.05, 0.1) is 23.3 Å². The number of hydrogen-bond donors (Lipinski definition) is 2. The third-order valence-corrected chi connectivity index (χ3v) is 17.6. The van der Waals surface area contributed by atoms with E-state index in [0.29, 0.717) is 24.8 Å². The van der Waals surface area contributed by atoms with Gasteiger partial charge in [0, 0.05) is 43.4 Å². The Hall–Kier alpha value is -2.00. The summed E-state index contributed by atoms with van der Waals surface area (Å²) < 4.78 is 6.20. The number of nitrogens with zero attached hydrogens (tertiary/aromatic N) is 2. The molecule has 0 aromatic rings. The van der Waals surface area contributed by atoms with E-state index in [1.54, 1.807) is 13.8 Å². The second kappa shape index (κ2) is 15.8. The van der Waals surface area contributed by atoms with E-state index in [1.807, 2.05) is 0 Å². The normalized spacial score (nSPS) is 38.1. The number of halogens is 1. The maximum Gasteiger partial charge on any atom is 0.309 e. The number of carboxylic acid groups (broad SMARTS) is 1. The first-order valence-corrected chi connectivity index (χ1v) is 22.6. The van der Waals surface area contributed by atoms with Crippen molar-refractivity contribution < 1.29 is 29.3 Å². The van der Waals surface area contributed by atoms with Crippen LogP contribution in [0.15, 0.2) is 34.9 Å². The number of esters is 1. The number of allylic oxidation sites excluding steroid dienone is 3. The molecule has 0 heterocycles. The molecule has 320 valence electrons. The monoisotopic (exact) mass is 811 g/mol. The van der Waals surface area contributed by atoms with Crippen molar-refractivity contribution in [3.05, 3.63) is 34.9 Å². The van der Waals surface area contributed by atoms with Crippen molar-refractivity contribution >= 4 is 29.3 Å². The predicted molar refractivity (Wildman–Crippen MR) is 228 cm³/mol. The first-order chi connectivity index (χ1) is 26.4. The van der Waals surface area contributed by atoms with Crippen molar-refractivity contribution in [2.24, 2.45) is 56.2 Å². The maximum absolute atomic E-state index is 14.3. The molecule has 0 saturated heterocycles. The Balaban J connectivity index is 1.28. The maximum atomic E-state index is 14.3. The second-order valence-corrected chi connectivity index (χ2v) is 22.6. The minimum atomic E-state index is -1.17. The minimum absolute atomic E-state index is 0.0243. The lowest BCUT2D eigenvalue weighted by atomic mass is 9.33. The van der Waals surface area contributed by atoms with Crippen LogP contribution in [0.3, 0.4) is 0 Å². The number of alkyl halides is 1. The fourth-order valence-electron chi connectivity index (χ4n) is 13.9. The van der Waals surface area contributed by atoms with Gasteiger partial charge in [-0.3, -0.25) is 19.3 Å². The zero-order valence-electron chi connectivity index (χ0n) is 37.2. The van der Waals surface area contributed by atoms with Crippen molar-refractivity contribution in [3.8, 4) is 0 Å². The number of hydrogen-bond acceptors (Lipinski definition) is 7. The summed E-state index contributed by atoms with van der Waals surface area (Å²) in [6.45, 7) is 22.7. The fourth-order valence-corrected chi connectivity index (χ4v) is 14.1. The van der Waals surface area contributed by atoms with Crippen LogP contribution < -0.4 is 0 Å². The van der Waals surface area contributed by atoms with Gasteiger partial charge in [-0.15, -0.1) is 11.6 Å². The van der Waals surface area contributed by atoms with Crippen LogP contribution in [0.4, 0.5) is 0 Å². The van der Waals surface area contributed by atoms with Gasteiger partial charge in [0.1, 0.15) is 6.10 Å². The van der Waals surface area contributed by atoms with Crippen molar-refractivity contribution in [1.29, 1.82) is 0 Å². The summed E-state index contributed by atoms with van der Waals surface area (Å²) in [5, 5.41) is 22.4. The number of ketones is 1. The number of Topliss-reactive ketones (excluding diaryl/α,β-unsaturated/α-hetero) is 1. The first kappa shape index (κ1) is 44.5. The molecule has 10 atom stereocenters. The van der Waals surface area contributed by atoms with Gasteiger partial charge in [0.25, 0.3) is 0 Å². The number of carbonyl (C=O) groups is 3. The molecule has 4 saturated carbocycles. The summed E-state index contributed by atoms with van der Waals surface area (Å²) in [6.07, 6.45) is 14.5. The summed E-state index contributed by atoms with van der Waals surface area (Å²) in [7, 11) is 4.19. The molecular weight excluding hydrogens is 736 g/mol. The Morgan fingerprint density at radius 1 is 0.965 bits per heavy atom. The number of ether oxygens (including phenoxy) is 1. The number of fused-ring (bicyclic) bond motifs is 7. The van der Waals surface area contributed by atoms with Crippen LogP contribution in [0.25, 0.3) is 0 Å². The SMILES string of the molecule is CC(C)C1=C2C3CCC4C5(C)CCC(OC(=O)CC(C)(C)C(=O)O)C(C)(C)C5CCC4(C)C3(C)CCC2(C(O)CN(CCN(C)C)CC2=CCC(Cl)C=C2)CC1=O. The van der Waals surface area contributed by atoms with Crippen LogP contribution in [-0.4, -0.2) is 95.6 Å². The van der Waals surface area contributed by atoms with Crippen LogP contribution >= 0.6 is 11.6 Å². The Kier molecular flexibility index (Phi) is 12.3. The highest BCUT2D eigenvalue weighted by molar-refractivity contribution is 6.22. The van der Waals surface area contributed by atoms with Crippen LogP contribution in [0.1, 0.15) is 133 Å². The highest BCUT2D eigenvalue weighted by Gasteiger charge is 2.71. The Morgan fingerprint density at radius 3 is 2.28 bits per heavy atom. The summed E-state index contributed by atoms with van der Waals surface area (Å²) in [5.74, 6) is 0.0366. The van der Waals surface area contributed by atoms with Crippen LogP contribution in [0.5, 0.6) is 0 Å². The largest absolute Gasteiger partial charge is 0.481 e. The molecule has 6 aliphatic rings. The quantitative estimate of drug-likeness (QED) is 0.140. The van der Waals surface area contributed by atoms with E-state index >= 15 is 0 Å². The van der Waals surface area contributed by atoms with Crippen molar-refractivity contribution in [1.82, 2.24) is 9.80 Å². The number of aliphatic hydroxyl groups excluding tert-OH is 1. The highest BCUT2D eigenvalue weighted by atomic mass is 35.5. The van der Waals surface area contributed by atoms with Crippen molar-refractivity contribution in [3.63, 3.8) is 0 Å². The summed E-state index contributed by atoms with van der Waals surface area (Å²) in [6, 6.07) is 0. The molecule has 4 fully saturated rings. The fraction of sp³-hybridized carbons (Fsp3) is 0.812. The van der Waals surface area contributed by atoms with Gasteiger partial charge in [0.15, 0.2) is 5.78 Å². The molecule has 2 N–H and O–H groups in total. The average Bonchev–Trinajstić information content (AvgIpc) is 3.42. The molecule has 9 heteroatoms. The molecule has 0 aromatic carbocycles. The molecule has 0 radical (unpaired) electrons. The van der Waals surface area contributed by atoms with Crippen LogP contribution in [-0.2, 0) is 19.1 Å². The summed E-state index contributed by atoms with van der Waals surface area (Å²) in [4.78, 5) is 43.9. The molecule has 0 aromatic heterocycles. The van der Waals surface area contributed by atoms with E-state index < -0.39 is 28.9 Å². The lowest BCUT2D eigenvalue weighted by Crippen LogP contribution is -2.66. The topological polar surface area (TPSA) is 107 Å². The molecule has 0 aliphatic heterocycles. The molecule has 0 amide bonds. The number of aliphatic hydroxyl groups is 1. The first-order valence-electron chi connectivity index (χ1n) is 22.2. The number of aliphatic carboxylic acids is 1. The van der Waals surface area contributed by atoms with Crippen molar-refractivity contribution in [2.75, 3.05) is 40.3 Å². The summed E-state index contributed by atoms with van der Waals surface area (Å²) >= 11 is 6.38. The zero-order valence-corrected chi connectivity index (χ0v) is 37.9. The van der Waals surface area contributed by atoms with Gasteiger partial charge < -0.3 is 19.8 Å². The van der Waals surface area contributed by atoms with Gasteiger partial charge in [-0.05, 0) is 137 Å². The van der Waals surface area contributed by atoms with Crippen LogP contribution in [0, 0.1) is 56.2 Å². The van der Waals surface area contributed by atoms with Gasteiger partial charge in [-0.2, -0.15) is 0 Å². The molecule has 6 rings (SSSR count). The number of carboxylic acids is 1. The third-order valence-electron chi connectivity index (χ3n) is 17.3. The van der Waals surface area contributed by atoms with Crippen molar-refractivity contribution in [2.45, 2.75) is 151 Å². The van der Waals surface area contributed by atoms with E-state index in [0.717, 1.165) is 83.0 Å². The van der Waals surface area contributed by atoms with E-state index in [4.69, 9.17) is 16.3 Å². The van der Waals surface area contributed by atoms with Gasteiger partial charge in [-0.25, -0.2) is 0 Å². The highest BCUT2D eigenvalue weighted by Crippen LogP contribution is 2.77. The number of carbonyl (C=O) groups excluding carboxylic acids is 2. The Bertz CT molecular complexity index is 1680.